The Balaban J connectivity index is 2.38. The van der Waals surface area contributed by atoms with Crippen LogP contribution in [-0.4, -0.2) is 20.9 Å². The van der Waals surface area contributed by atoms with Gasteiger partial charge in [-0.05, 0) is 12.1 Å². The van der Waals surface area contributed by atoms with Crippen molar-refractivity contribution in [2.24, 2.45) is 0 Å². The highest BCUT2D eigenvalue weighted by Crippen LogP contribution is 2.14. The van der Waals surface area contributed by atoms with Crippen LogP contribution in [-0.2, 0) is 6.54 Å². The molecule has 6 heteroatoms. The molecule has 0 aliphatic heterocycles. The van der Waals surface area contributed by atoms with E-state index in [1.807, 2.05) is 0 Å². The summed E-state index contributed by atoms with van der Waals surface area (Å²) in [6.45, 7) is -0.0318. The van der Waals surface area contributed by atoms with E-state index in [4.69, 9.17) is 10.4 Å². The summed E-state index contributed by atoms with van der Waals surface area (Å²) in [4.78, 5) is 10.9. The molecule has 1 aromatic heterocycles. The Morgan fingerprint density at radius 1 is 1.50 bits per heavy atom. The van der Waals surface area contributed by atoms with Crippen molar-refractivity contribution in [1.29, 1.82) is 5.26 Å². The zero-order valence-corrected chi connectivity index (χ0v) is 9.17. The van der Waals surface area contributed by atoms with Gasteiger partial charge in [0.15, 0.2) is 0 Å². The van der Waals surface area contributed by atoms with Crippen molar-refractivity contribution in [2.45, 2.75) is 6.54 Å². The van der Waals surface area contributed by atoms with Gasteiger partial charge < -0.3 is 5.11 Å². The van der Waals surface area contributed by atoms with Gasteiger partial charge in [0.25, 0.3) is 0 Å². The van der Waals surface area contributed by atoms with Crippen LogP contribution in [0.4, 0.5) is 4.39 Å². The Bertz CT molecular complexity index is 643. The van der Waals surface area contributed by atoms with Crippen molar-refractivity contribution in [2.75, 3.05) is 0 Å². The highest BCUT2D eigenvalue weighted by molar-refractivity contribution is 5.85. The van der Waals surface area contributed by atoms with Crippen LogP contribution in [0.25, 0.3) is 0 Å². The maximum atomic E-state index is 13.8. The Labute approximate surface area is 102 Å². The topological polar surface area (TPSA) is 78.9 Å². The largest absolute Gasteiger partial charge is 0.477 e. The molecule has 0 radical (unpaired) electrons. The van der Waals surface area contributed by atoms with Crippen molar-refractivity contribution in [3.05, 3.63) is 53.1 Å². The number of nitrogens with zero attached hydrogens (tertiary/aromatic N) is 3. The number of benzene rings is 1. The van der Waals surface area contributed by atoms with Gasteiger partial charge in [0.2, 0.25) is 0 Å². The molecule has 18 heavy (non-hydrogen) atoms. The minimum Gasteiger partial charge on any atom is -0.477 e. The minimum atomic E-state index is -1.13. The van der Waals surface area contributed by atoms with Crippen molar-refractivity contribution in [1.82, 2.24) is 9.78 Å². The van der Waals surface area contributed by atoms with Gasteiger partial charge in [0, 0.05) is 11.8 Å². The molecule has 0 saturated heterocycles. The van der Waals surface area contributed by atoms with E-state index in [1.165, 1.54) is 29.1 Å². The molecule has 2 rings (SSSR count). The van der Waals surface area contributed by atoms with Crippen molar-refractivity contribution in [3.63, 3.8) is 0 Å². The molecule has 0 aliphatic carbocycles. The van der Waals surface area contributed by atoms with Crippen LogP contribution in [0.2, 0.25) is 0 Å². The fourth-order valence-corrected chi connectivity index (χ4v) is 1.59. The molecule has 0 saturated carbocycles. The van der Waals surface area contributed by atoms with E-state index in [9.17, 15) is 9.18 Å². The summed E-state index contributed by atoms with van der Waals surface area (Å²) in [7, 11) is 0. The van der Waals surface area contributed by atoms with Crippen molar-refractivity contribution < 1.29 is 14.3 Å². The summed E-state index contributed by atoms with van der Waals surface area (Å²) in [5.74, 6) is -1.78. The first kappa shape index (κ1) is 11.8. The lowest BCUT2D eigenvalue weighted by Gasteiger charge is -2.06. The molecular formula is C12H8FN3O2. The molecule has 2 aromatic rings. The monoisotopic (exact) mass is 245 g/mol. The Morgan fingerprint density at radius 3 is 2.94 bits per heavy atom. The average Bonchev–Trinajstić information content (AvgIpc) is 2.80. The summed E-state index contributed by atoms with van der Waals surface area (Å²) in [6, 6.07) is 7.45. The molecule has 0 atom stereocenters. The van der Waals surface area contributed by atoms with Gasteiger partial charge in [-0.2, -0.15) is 10.4 Å². The SMILES string of the molecule is N#Cc1cccc(Cn2nccc2C(=O)O)c1F. The smallest absolute Gasteiger partial charge is 0.354 e. The first-order chi connectivity index (χ1) is 8.63. The third-order valence-electron chi connectivity index (χ3n) is 2.45. The molecule has 1 heterocycles. The molecule has 0 spiro atoms. The van der Waals surface area contributed by atoms with Gasteiger partial charge in [-0.1, -0.05) is 12.1 Å². The first-order valence-corrected chi connectivity index (χ1v) is 5.06. The van der Waals surface area contributed by atoms with Crippen LogP contribution < -0.4 is 0 Å². The molecule has 0 aliphatic rings. The van der Waals surface area contributed by atoms with E-state index in [1.54, 1.807) is 12.1 Å². The third kappa shape index (κ3) is 2.06. The highest BCUT2D eigenvalue weighted by Gasteiger charge is 2.13. The second-order valence-corrected chi connectivity index (χ2v) is 3.57. The van der Waals surface area contributed by atoms with E-state index in [0.29, 0.717) is 0 Å². The molecular weight excluding hydrogens is 237 g/mol. The van der Waals surface area contributed by atoms with E-state index in [2.05, 4.69) is 5.10 Å². The summed E-state index contributed by atoms with van der Waals surface area (Å²) < 4.78 is 15.0. The fourth-order valence-electron chi connectivity index (χ4n) is 1.59. The Hall–Kier alpha value is -2.68. The zero-order valence-electron chi connectivity index (χ0n) is 9.17. The lowest BCUT2D eigenvalue weighted by Crippen LogP contribution is -2.12. The minimum absolute atomic E-state index is 0.0308. The molecule has 0 amide bonds. The second-order valence-electron chi connectivity index (χ2n) is 3.57. The summed E-state index contributed by atoms with van der Waals surface area (Å²) in [6.07, 6.45) is 1.33. The fraction of sp³-hybridized carbons (Fsp3) is 0.0833. The molecule has 0 unspecified atom stereocenters. The number of carbonyl (C=O) groups is 1. The van der Waals surface area contributed by atoms with E-state index in [0.717, 1.165) is 0 Å². The molecule has 90 valence electrons. The van der Waals surface area contributed by atoms with Gasteiger partial charge in [-0.15, -0.1) is 0 Å². The van der Waals surface area contributed by atoms with Gasteiger partial charge >= 0.3 is 5.97 Å². The lowest BCUT2D eigenvalue weighted by molar-refractivity contribution is 0.0684. The number of hydrogen-bond donors (Lipinski definition) is 1. The predicted octanol–water partition coefficient (Wildman–Crippen LogP) is 1.64. The molecule has 1 N–H and O–H groups in total. The van der Waals surface area contributed by atoms with Crippen LogP contribution in [0.3, 0.4) is 0 Å². The second kappa shape index (κ2) is 4.67. The van der Waals surface area contributed by atoms with Gasteiger partial charge in [-0.25, -0.2) is 9.18 Å². The molecule has 0 fully saturated rings. The maximum Gasteiger partial charge on any atom is 0.354 e. The number of aromatic nitrogens is 2. The first-order valence-electron chi connectivity index (χ1n) is 5.06. The molecule has 5 nitrogen and oxygen atoms in total. The third-order valence-corrected chi connectivity index (χ3v) is 2.45. The summed E-state index contributed by atoms with van der Waals surface area (Å²) in [5.41, 5.74) is 0.119. The van der Waals surface area contributed by atoms with Gasteiger partial charge in [-0.3, -0.25) is 4.68 Å². The number of halogens is 1. The number of aromatic carboxylic acids is 1. The van der Waals surface area contributed by atoms with Crippen LogP contribution in [0.1, 0.15) is 21.6 Å². The quantitative estimate of drug-likeness (QED) is 0.891. The van der Waals surface area contributed by atoms with Gasteiger partial charge in [0.05, 0.1) is 12.1 Å². The number of nitriles is 1. The maximum absolute atomic E-state index is 13.8. The normalized spacial score (nSPS) is 10.0. The van der Waals surface area contributed by atoms with Crippen LogP contribution in [0.5, 0.6) is 0 Å². The van der Waals surface area contributed by atoms with E-state index in [-0.39, 0.29) is 23.4 Å². The average molecular weight is 245 g/mol. The molecule has 1 aromatic carbocycles. The summed E-state index contributed by atoms with van der Waals surface area (Å²) in [5, 5.41) is 21.4. The predicted molar refractivity (Wildman–Crippen MR) is 59.4 cm³/mol. The molecule has 0 bridgehead atoms. The standard InChI is InChI=1S/C12H8FN3O2/c13-11-8(6-14)2-1-3-9(11)7-16-10(12(17)18)4-5-15-16/h1-5H,7H2,(H,17,18). The Kier molecular flexibility index (Phi) is 3.06. The zero-order chi connectivity index (χ0) is 13.1. The number of carboxylic acids is 1. The van der Waals surface area contributed by atoms with Crippen molar-refractivity contribution >= 4 is 5.97 Å². The number of rotatable bonds is 3. The van der Waals surface area contributed by atoms with Gasteiger partial charge in [0.1, 0.15) is 17.6 Å². The van der Waals surface area contributed by atoms with E-state index >= 15 is 0 Å². The lowest BCUT2D eigenvalue weighted by atomic mass is 10.1. The number of hydrogen-bond acceptors (Lipinski definition) is 3. The van der Waals surface area contributed by atoms with Crippen LogP contribution in [0, 0.1) is 17.1 Å². The Morgan fingerprint density at radius 2 is 2.28 bits per heavy atom. The van der Waals surface area contributed by atoms with Crippen molar-refractivity contribution in [3.8, 4) is 6.07 Å². The van der Waals surface area contributed by atoms with Crippen LogP contribution in [0.15, 0.2) is 30.5 Å². The van der Waals surface area contributed by atoms with E-state index < -0.39 is 11.8 Å². The summed E-state index contributed by atoms with van der Waals surface area (Å²) >= 11 is 0. The highest BCUT2D eigenvalue weighted by atomic mass is 19.1. The number of carboxylic acid groups (broad SMARTS) is 1. The van der Waals surface area contributed by atoms with Crippen LogP contribution >= 0.6 is 0 Å².